The Morgan fingerprint density at radius 2 is 1.97 bits per heavy atom. The number of nitrogens with one attached hydrogen (secondary N) is 1. The van der Waals surface area contributed by atoms with Crippen LogP contribution in [0.3, 0.4) is 0 Å². The highest BCUT2D eigenvalue weighted by Gasteiger charge is 2.37. The van der Waals surface area contributed by atoms with Gasteiger partial charge >= 0.3 is 17.7 Å². The number of benzene rings is 1. The van der Waals surface area contributed by atoms with E-state index in [1.54, 1.807) is 52.1 Å². The first-order valence-electron chi connectivity index (χ1n) is 10.8. The van der Waals surface area contributed by atoms with E-state index < -0.39 is 40.1 Å². The number of nitrogens with zero attached hydrogens (tertiary/aromatic N) is 5. The Kier molecular flexibility index (Phi) is 7.27. The van der Waals surface area contributed by atoms with Crippen molar-refractivity contribution in [3.05, 3.63) is 40.1 Å². The molecule has 35 heavy (non-hydrogen) atoms. The number of carbonyl (C=O) groups excluding carboxylic acids is 1. The summed E-state index contributed by atoms with van der Waals surface area (Å²) in [6.45, 7) is 5.70. The normalized spacial score (nSPS) is 15.5. The van der Waals surface area contributed by atoms with Gasteiger partial charge in [-0.15, -0.1) is 0 Å². The fourth-order valence-corrected chi connectivity index (χ4v) is 3.70. The second-order valence-corrected chi connectivity index (χ2v) is 8.86. The first-order chi connectivity index (χ1) is 16.4. The molecule has 0 radical (unpaired) electrons. The number of aromatic nitrogens is 2. The van der Waals surface area contributed by atoms with Crippen LogP contribution in [0.1, 0.15) is 44.1 Å². The molecule has 0 saturated carbocycles. The zero-order chi connectivity index (χ0) is 25.9. The standard InChI is InChI=1S/C22H28N6O7/c1-22(2,3)35-21(31)27-12-8-11-15(27)26(4)20-24-16(19(29)30)17(28(32)33)18(25-20)23-13-9-6-7-10-14(13)34-5/h6-7,9-10,15H,8,11-12H2,1-5H3,(H,29,30)(H,23,24,25). The first kappa shape index (κ1) is 25.5. The molecule has 1 amide bonds. The molecule has 2 heterocycles. The number of ether oxygens (including phenoxy) is 2. The Hall–Kier alpha value is -4.16. The van der Waals surface area contributed by atoms with Crippen LogP contribution in [0.25, 0.3) is 0 Å². The van der Waals surface area contributed by atoms with Gasteiger partial charge in [0.1, 0.15) is 17.5 Å². The van der Waals surface area contributed by atoms with E-state index in [1.165, 1.54) is 16.9 Å². The predicted octanol–water partition coefficient (Wildman–Crippen LogP) is 3.63. The summed E-state index contributed by atoms with van der Waals surface area (Å²) in [6, 6.07) is 6.64. The number of hydrogen-bond donors (Lipinski definition) is 2. The molecule has 13 heteroatoms. The van der Waals surface area contributed by atoms with Crippen LogP contribution in [0.2, 0.25) is 0 Å². The zero-order valence-electron chi connectivity index (χ0n) is 20.1. The number of carbonyl (C=O) groups is 2. The number of likely N-dealkylation sites (tertiary alicyclic amines) is 1. The van der Waals surface area contributed by atoms with Crippen molar-refractivity contribution in [2.24, 2.45) is 0 Å². The summed E-state index contributed by atoms with van der Waals surface area (Å²) in [7, 11) is 3.02. The van der Waals surface area contributed by atoms with Crippen LogP contribution in [0.4, 0.5) is 27.9 Å². The van der Waals surface area contributed by atoms with Crippen LogP contribution >= 0.6 is 0 Å². The molecule has 1 aromatic heterocycles. The van der Waals surface area contributed by atoms with E-state index in [9.17, 15) is 24.8 Å². The van der Waals surface area contributed by atoms with Crippen molar-refractivity contribution in [3.63, 3.8) is 0 Å². The number of hydrogen-bond acceptors (Lipinski definition) is 10. The van der Waals surface area contributed by atoms with Crippen molar-refractivity contribution < 1.29 is 29.1 Å². The van der Waals surface area contributed by atoms with Gasteiger partial charge in [-0.25, -0.2) is 9.59 Å². The van der Waals surface area contributed by atoms with Crippen LogP contribution < -0.4 is 15.0 Å². The molecule has 1 atom stereocenters. The molecule has 0 bridgehead atoms. The van der Waals surface area contributed by atoms with Crippen LogP contribution in [-0.2, 0) is 4.74 Å². The maximum atomic E-state index is 12.7. The molecule has 188 valence electrons. The minimum Gasteiger partial charge on any atom is -0.495 e. The molecule has 2 N–H and O–H groups in total. The van der Waals surface area contributed by atoms with Gasteiger partial charge in [-0.05, 0) is 45.7 Å². The average molecular weight is 489 g/mol. The first-order valence-corrected chi connectivity index (χ1v) is 10.8. The number of rotatable bonds is 7. The molecule has 13 nitrogen and oxygen atoms in total. The second-order valence-electron chi connectivity index (χ2n) is 8.86. The molecule has 0 spiro atoms. The average Bonchev–Trinajstić information content (AvgIpc) is 3.27. The van der Waals surface area contributed by atoms with E-state index in [2.05, 4.69) is 15.3 Å². The minimum absolute atomic E-state index is 0.106. The molecule has 1 unspecified atom stereocenters. The smallest absolute Gasteiger partial charge is 0.411 e. The molecule has 1 saturated heterocycles. The fraction of sp³-hybridized carbons (Fsp3) is 0.455. The van der Waals surface area contributed by atoms with E-state index in [0.717, 1.165) is 0 Å². The summed E-state index contributed by atoms with van der Waals surface area (Å²) in [5.74, 6) is -1.65. The summed E-state index contributed by atoms with van der Waals surface area (Å²) in [6.07, 6.45) is 0.166. The van der Waals surface area contributed by atoms with Gasteiger partial charge in [-0.3, -0.25) is 15.0 Å². The largest absolute Gasteiger partial charge is 0.495 e. The second kappa shape index (κ2) is 9.99. The zero-order valence-corrected chi connectivity index (χ0v) is 20.1. The summed E-state index contributed by atoms with van der Waals surface area (Å²) in [5.41, 5.74) is -1.94. The molecule has 1 aliphatic heterocycles. The minimum atomic E-state index is -1.59. The van der Waals surface area contributed by atoms with Gasteiger partial charge in [0.05, 0.1) is 17.7 Å². The van der Waals surface area contributed by atoms with Crippen molar-refractivity contribution in [2.45, 2.75) is 45.4 Å². The fourth-order valence-electron chi connectivity index (χ4n) is 3.70. The van der Waals surface area contributed by atoms with E-state index in [1.807, 2.05) is 0 Å². The van der Waals surface area contributed by atoms with Gasteiger partial charge in [-0.1, -0.05) is 12.1 Å². The molecule has 1 aromatic carbocycles. The van der Waals surface area contributed by atoms with Gasteiger partial charge in [0.25, 0.3) is 0 Å². The van der Waals surface area contributed by atoms with Gasteiger partial charge in [0.15, 0.2) is 0 Å². The quantitative estimate of drug-likeness (QED) is 0.432. The Morgan fingerprint density at radius 3 is 2.57 bits per heavy atom. The molecule has 3 rings (SSSR count). The third-order valence-corrected chi connectivity index (χ3v) is 5.23. The third kappa shape index (κ3) is 5.67. The maximum absolute atomic E-state index is 12.7. The highest BCUT2D eigenvalue weighted by atomic mass is 16.6. The monoisotopic (exact) mass is 488 g/mol. The van der Waals surface area contributed by atoms with E-state index in [4.69, 9.17) is 9.47 Å². The maximum Gasteiger partial charge on any atom is 0.411 e. The lowest BCUT2D eigenvalue weighted by Crippen LogP contribution is -2.48. The summed E-state index contributed by atoms with van der Waals surface area (Å²) < 4.78 is 10.8. The van der Waals surface area contributed by atoms with E-state index >= 15 is 0 Å². The SMILES string of the molecule is COc1ccccc1Nc1nc(N(C)C2CCCN2C(=O)OC(C)(C)C)nc(C(=O)O)c1[N+](=O)[O-]. The Labute approximate surface area is 201 Å². The topological polar surface area (TPSA) is 160 Å². The van der Waals surface area contributed by atoms with Crippen molar-refractivity contribution >= 4 is 35.2 Å². The molecular weight excluding hydrogens is 460 g/mol. The summed E-state index contributed by atoms with van der Waals surface area (Å²) in [4.78, 5) is 46.9. The Balaban J connectivity index is 2.05. The molecule has 2 aromatic rings. The van der Waals surface area contributed by atoms with Crippen LogP contribution in [-0.4, -0.2) is 69.4 Å². The van der Waals surface area contributed by atoms with Crippen LogP contribution in [0.15, 0.2) is 24.3 Å². The number of para-hydroxylation sites is 2. The lowest BCUT2D eigenvalue weighted by atomic mass is 10.2. The highest BCUT2D eigenvalue weighted by Crippen LogP contribution is 2.35. The van der Waals surface area contributed by atoms with Crippen LogP contribution in [0.5, 0.6) is 5.75 Å². The molecule has 1 fully saturated rings. The molecule has 0 aliphatic carbocycles. The summed E-state index contributed by atoms with van der Waals surface area (Å²) in [5, 5.41) is 24.3. The third-order valence-electron chi connectivity index (χ3n) is 5.23. The molecule has 1 aliphatic rings. The predicted molar refractivity (Wildman–Crippen MR) is 126 cm³/mol. The van der Waals surface area contributed by atoms with Gasteiger partial charge < -0.3 is 24.8 Å². The van der Waals surface area contributed by atoms with Crippen LogP contribution in [0, 0.1) is 10.1 Å². The molecular formula is C22H28N6O7. The number of anilines is 3. The number of carboxylic acids is 1. The number of carboxylic acid groups (broad SMARTS) is 1. The summed E-state index contributed by atoms with van der Waals surface area (Å²) >= 11 is 0. The van der Waals surface area contributed by atoms with Gasteiger partial charge in [-0.2, -0.15) is 9.97 Å². The lowest BCUT2D eigenvalue weighted by Gasteiger charge is -2.33. The lowest BCUT2D eigenvalue weighted by molar-refractivity contribution is -0.384. The van der Waals surface area contributed by atoms with Crippen molar-refractivity contribution in [3.8, 4) is 5.75 Å². The Morgan fingerprint density at radius 1 is 1.29 bits per heavy atom. The van der Waals surface area contributed by atoms with E-state index in [-0.39, 0.29) is 11.8 Å². The van der Waals surface area contributed by atoms with Gasteiger partial charge in [0.2, 0.25) is 17.5 Å². The van der Waals surface area contributed by atoms with Crippen molar-refractivity contribution in [1.82, 2.24) is 14.9 Å². The van der Waals surface area contributed by atoms with Gasteiger partial charge in [0, 0.05) is 13.6 Å². The number of methoxy groups -OCH3 is 1. The van der Waals surface area contributed by atoms with Crippen molar-refractivity contribution in [1.29, 1.82) is 0 Å². The Bertz CT molecular complexity index is 1130. The van der Waals surface area contributed by atoms with Crippen molar-refractivity contribution in [2.75, 3.05) is 30.9 Å². The number of amides is 1. The number of nitro groups is 1. The highest BCUT2D eigenvalue weighted by molar-refractivity contribution is 5.93. The van der Waals surface area contributed by atoms with E-state index in [0.29, 0.717) is 30.8 Å². The number of aromatic carboxylic acids is 1.